The highest BCUT2D eigenvalue weighted by atomic mass is 79.9. The van der Waals surface area contributed by atoms with Crippen LogP contribution in [0.25, 0.3) is 0 Å². The maximum Gasteiger partial charge on any atom is 0.143 e. The van der Waals surface area contributed by atoms with E-state index in [1.807, 2.05) is 12.1 Å². The highest BCUT2D eigenvalue weighted by Crippen LogP contribution is 2.34. The minimum atomic E-state index is 0.410. The first kappa shape index (κ1) is 13.4. The molecule has 2 rings (SSSR count). The number of halogens is 1. The summed E-state index contributed by atoms with van der Waals surface area (Å²) < 4.78 is 6.51. The second-order valence-electron chi connectivity index (χ2n) is 4.39. The SMILES string of the molecule is CCC1=NC(CC)CN1c1ccc(Br)cc1OC. The number of ether oxygens (including phenoxy) is 1. The largest absolute Gasteiger partial charge is 0.495 e. The monoisotopic (exact) mass is 310 g/mol. The molecule has 0 bridgehead atoms. The van der Waals surface area contributed by atoms with Crippen LogP contribution in [0.4, 0.5) is 5.69 Å². The molecule has 0 fully saturated rings. The Hall–Kier alpha value is -1.03. The minimum absolute atomic E-state index is 0.410. The lowest BCUT2D eigenvalue weighted by atomic mass is 10.2. The van der Waals surface area contributed by atoms with Crippen molar-refractivity contribution < 1.29 is 4.74 Å². The number of amidine groups is 1. The molecular formula is C14H19BrN2O. The smallest absolute Gasteiger partial charge is 0.143 e. The average Bonchev–Trinajstić information content (AvgIpc) is 2.81. The summed E-state index contributed by atoms with van der Waals surface area (Å²) in [5, 5.41) is 0. The molecule has 1 unspecified atom stereocenters. The Bertz CT molecular complexity index is 459. The van der Waals surface area contributed by atoms with Crippen molar-refractivity contribution >= 4 is 27.5 Å². The van der Waals surface area contributed by atoms with Crippen molar-refractivity contribution in [2.75, 3.05) is 18.6 Å². The van der Waals surface area contributed by atoms with Crippen LogP contribution in [-0.4, -0.2) is 25.5 Å². The standard InChI is InChI=1S/C14H19BrN2O/c1-4-11-9-17(14(5-2)16-11)12-7-6-10(15)8-13(12)18-3/h6-8,11H,4-5,9H2,1-3H3. The number of methoxy groups -OCH3 is 1. The molecule has 1 heterocycles. The number of anilines is 1. The van der Waals surface area contributed by atoms with Crippen LogP contribution in [0.3, 0.4) is 0 Å². The maximum absolute atomic E-state index is 5.47. The van der Waals surface area contributed by atoms with Crippen molar-refractivity contribution in [3.05, 3.63) is 22.7 Å². The van der Waals surface area contributed by atoms with Crippen molar-refractivity contribution in [2.24, 2.45) is 4.99 Å². The normalized spacial score (nSPS) is 19.0. The van der Waals surface area contributed by atoms with Crippen molar-refractivity contribution in [3.8, 4) is 5.75 Å². The molecule has 1 aliphatic heterocycles. The van der Waals surface area contributed by atoms with E-state index in [-0.39, 0.29) is 0 Å². The fourth-order valence-electron chi connectivity index (χ4n) is 2.25. The minimum Gasteiger partial charge on any atom is -0.495 e. The van der Waals surface area contributed by atoms with E-state index in [2.05, 4.69) is 40.7 Å². The lowest BCUT2D eigenvalue weighted by molar-refractivity contribution is 0.415. The number of rotatable bonds is 4. The van der Waals surface area contributed by atoms with E-state index < -0.39 is 0 Å². The van der Waals surface area contributed by atoms with Gasteiger partial charge in [-0.25, -0.2) is 0 Å². The lowest BCUT2D eigenvalue weighted by Gasteiger charge is -2.23. The molecule has 1 atom stereocenters. The summed E-state index contributed by atoms with van der Waals surface area (Å²) in [4.78, 5) is 7.03. The van der Waals surface area contributed by atoms with Crippen LogP contribution in [0.2, 0.25) is 0 Å². The first-order valence-corrected chi connectivity index (χ1v) is 7.16. The molecule has 0 aromatic heterocycles. The molecule has 0 saturated heterocycles. The number of benzene rings is 1. The Morgan fingerprint density at radius 3 is 2.83 bits per heavy atom. The predicted molar refractivity (Wildman–Crippen MR) is 79.8 cm³/mol. The summed E-state index contributed by atoms with van der Waals surface area (Å²) in [6.07, 6.45) is 2.04. The molecule has 1 aromatic carbocycles. The van der Waals surface area contributed by atoms with Gasteiger partial charge in [0.1, 0.15) is 11.6 Å². The van der Waals surface area contributed by atoms with Crippen molar-refractivity contribution in [2.45, 2.75) is 32.7 Å². The molecule has 98 valence electrons. The van der Waals surface area contributed by atoms with Crippen LogP contribution in [-0.2, 0) is 0 Å². The Balaban J connectivity index is 2.34. The van der Waals surface area contributed by atoms with Gasteiger partial charge in [0.25, 0.3) is 0 Å². The van der Waals surface area contributed by atoms with Crippen LogP contribution >= 0.6 is 15.9 Å². The van der Waals surface area contributed by atoms with E-state index in [4.69, 9.17) is 9.73 Å². The first-order valence-electron chi connectivity index (χ1n) is 6.37. The van der Waals surface area contributed by atoms with Gasteiger partial charge in [0, 0.05) is 17.4 Å². The zero-order chi connectivity index (χ0) is 13.1. The fourth-order valence-corrected chi connectivity index (χ4v) is 2.59. The number of aliphatic imine (C=N–C) groups is 1. The van der Waals surface area contributed by atoms with Crippen LogP contribution in [0.5, 0.6) is 5.75 Å². The van der Waals surface area contributed by atoms with Gasteiger partial charge in [0.05, 0.1) is 18.8 Å². The number of hydrogen-bond donors (Lipinski definition) is 0. The summed E-state index contributed by atoms with van der Waals surface area (Å²) in [6.45, 7) is 5.29. The highest BCUT2D eigenvalue weighted by molar-refractivity contribution is 9.10. The Labute approximate surface area is 117 Å². The van der Waals surface area contributed by atoms with E-state index in [1.165, 1.54) is 0 Å². The highest BCUT2D eigenvalue weighted by Gasteiger charge is 2.25. The van der Waals surface area contributed by atoms with Gasteiger partial charge in [0.15, 0.2) is 0 Å². The summed E-state index contributed by atoms with van der Waals surface area (Å²) in [7, 11) is 1.71. The van der Waals surface area contributed by atoms with E-state index in [0.717, 1.165) is 41.1 Å². The summed E-state index contributed by atoms with van der Waals surface area (Å²) >= 11 is 3.47. The molecule has 1 aliphatic rings. The Morgan fingerprint density at radius 1 is 1.44 bits per heavy atom. The van der Waals surface area contributed by atoms with Crippen molar-refractivity contribution in [3.63, 3.8) is 0 Å². The van der Waals surface area contributed by atoms with Gasteiger partial charge in [-0.3, -0.25) is 4.99 Å². The topological polar surface area (TPSA) is 24.8 Å². The maximum atomic E-state index is 5.47. The molecular weight excluding hydrogens is 292 g/mol. The molecule has 3 nitrogen and oxygen atoms in total. The summed E-state index contributed by atoms with van der Waals surface area (Å²) in [6, 6.07) is 6.55. The molecule has 0 N–H and O–H groups in total. The second-order valence-corrected chi connectivity index (χ2v) is 5.30. The third kappa shape index (κ3) is 2.53. The van der Waals surface area contributed by atoms with Crippen molar-refractivity contribution in [1.82, 2.24) is 0 Å². The third-order valence-electron chi connectivity index (χ3n) is 3.26. The molecule has 0 radical (unpaired) electrons. The van der Waals surface area contributed by atoms with Crippen LogP contribution in [0.1, 0.15) is 26.7 Å². The number of hydrogen-bond acceptors (Lipinski definition) is 3. The average molecular weight is 311 g/mol. The van der Waals surface area contributed by atoms with Gasteiger partial charge in [-0.05, 0) is 24.6 Å². The lowest BCUT2D eigenvalue weighted by Crippen LogP contribution is -2.28. The number of nitrogens with zero attached hydrogens (tertiary/aromatic N) is 2. The van der Waals surface area contributed by atoms with E-state index >= 15 is 0 Å². The Kier molecular flexibility index (Phi) is 4.27. The fraction of sp³-hybridized carbons (Fsp3) is 0.500. The Morgan fingerprint density at radius 2 is 2.22 bits per heavy atom. The third-order valence-corrected chi connectivity index (χ3v) is 3.75. The van der Waals surface area contributed by atoms with E-state index in [9.17, 15) is 0 Å². The molecule has 4 heteroatoms. The van der Waals surface area contributed by atoms with Crippen LogP contribution < -0.4 is 9.64 Å². The molecule has 1 aromatic rings. The summed E-state index contributed by atoms with van der Waals surface area (Å²) in [5.41, 5.74) is 1.11. The van der Waals surface area contributed by atoms with E-state index in [0.29, 0.717) is 6.04 Å². The van der Waals surface area contributed by atoms with Gasteiger partial charge >= 0.3 is 0 Å². The van der Waals surface area contributed by atoms with Gasteiger partial charge in [-0.1, -0.05) is 29.8 Å². The van der Waals surface area contributed by atoms with Crippen molar-refractivity contribution in [1.29, 1.82) is 0 Å². The molecule has 0 saturated carbocycles. The van der Waals surface area contributed by atoms with Crippen LogP contribution in [0.15, 0.2) is 27.7 Å². The second kappa shape index (κ2) is 5.74. The first-order chi connectivity index (χ1) is 8.69. The quantitative estimate of drug-likeness (QED) is 0.843. The zero-order valence-corrected chi connectivity index (χ0v) is 12.7. The molecule has 0 spiro atoms. The van der Waals surface area contributed by atoms with Gasteiger partial charge in [0.2, 0.25) is 0 Å². The van der Waals surface area contributed by atoms with Gasteiger partial charge in [-0.15, -0.1) is 0 Å². The van der Waals surface area contributed by atoms with Gasteiger partial charge < -0.3 is 9.64 Å². The van der Waals surface area contributed by atoms with E-state index in [1.54, 1.807) is 7.11 Å². The summed E-state index contributed by atoms with van der Waals surface area (Å²) in [5.74, 6) is 2.05. The molecule has 18 heavy (non-hydrogen) atoms. The molecule has 0 aliphatic carbocycles. The van der Waals surface area contributed by atoms with Gasteiger partial charge in [-0.2, -0.15) is 0 Å². The van der Waals surface area contributed by atoms with Crippen LogP contribution in [0, 0.1) is 0 Å². The zero-order valence-electron chi connectivity index (χ0n) is 11.1. The molecule has 0 amide bonds. The predicted octanol–water partition coefficient (Wildman–Crippen LogP) is 3.86.